The third-order valence-corrected chi connectivity index (χ3v) is 4.46. The zero-order valence-electron chi connectivity index (χ0n) is 11.8. The van der Waals surface area contributed by atoms with E-state index in [4.69, 9.17) is 11.5 Å². The van der Waals surface area contributed by atoms with Gasteiger partial charge in [0.2, 0.25) is 15.9 Å². The minimum absolute atomic E-state index is 0.114. The highest BCUT2D eigenvalue weighted by Crippen LogP contribution is 2.21. The quantitative estimate of drug-likeness (QED) is 0.498. The van der Waals surface area contributed by atoms with Crippen molar-refractivity contribution in [2.24, 2.45) is 5.73 Å². The highest BCUT2D eigenvalue weighted by molar-refractivity contribution is 7.89. The van der Waals surface area contributed by atoms with Gasteiger partial charge < -0.3 is 16.2 Å². The molecule has 9 heteroatoms. The van der Waals surface area contributed by atoms with Gasteiger partial charge >= 0.3 is 5.97 Å². The van der Waals surface area contributed by atoms with Crippen molar-refractivity contribution < 1.29 is 22.7 Å². The molecular formula is C12H17N3O5S. The molecule has 1 amide bonds. The van der Waals surface area contributed by atoms with Crippen LogP contribution in [-0.2, 0) is 19.6 Å². The van der Waals surface area contributed by atoms with Crippen molar-refractivity contribution in [2.45, 2.75) is 24.3 Å². The molecule has 8 nitrogen and oxygen atoms in total. The number of nitrogens with one attached hydrogen (secondary N) is 1. The number of carbonyl (C=O) groups excluding carboxylic acids is 2. The molecule has 0 atom stereocenters. The topological polar surface area (TPSA) is 142 Å². The lowest BCUT2D eigenvalue weighted by molar-refractivity contribution is -0.122. The van der Waals surface area contributed by atoms with Gasteiger partial charge in [0.15, 0.2) is 0 Å². The first-order valence-electron chi connectivity index (χ1n) is 5.83. The third kappa shape index (κ3) is 3.70. The van der Waals surface area contributed by atoms with Gasteiger partial charge in [-0.05, 0) is 32.0 Å². The smallest absolute Gasteiger partial charge is 0.337 e. The van der Waals surface area contributed by atoms with E-state index < -0.39 is 27.4 Å². The summed E-state index contributed by atoms with van der Waals surface area (Å²) in [6.45, 7) is 2.65. The minimum atomic E-state index is -4.07. The lowest BCUT2D eigenvalue weighted by atomic mass is 10.1. The number of anilines is 1. The molecule has 0 aliphatic carbocycles. The SMILES string of the molecule is COC(=O)c1ccc(S(=O)(=O)NC(C)(C)C(N)=O)c(N)c1. The fourth-order valence-electron chi connectivity index (χ4n) is 1.48. The second kappa shape index (κ2) is 5.70. The Morgan fingerprint density at radius 3 is 2.29 bits per heavy atom. The molecule has 0 fully saturated rings. The summed E-state index contributed by atoms with van der Waals surface area (Å²) in [7, 11) is -2.88. The Morgan fingerprint density at radius 1 is 1.29 bits per heavy atom. The van der Waals surface area contributed by atoms with E-state index in [9.17, 15) is 18.0 Å². The number of benzene rings is 1. The zero-order valence-corrected chi connectivity index (χ0v) is 12.7. The van der Waals surface area contributed by atoms with Gasteiger partial charge in [-0.15, -0.1) is 0 Å². The molecule has 0 saturated carbocycles. The fraction of sp³-hybridized carbons (Fsp3) is 0.333. The number of nitrogen functional groups attached to an aromatic ring is 1. The van der Waals surface area contributed by atoms with Gasteiger partial charge in [0.25, 0.3) is 0 Å². The van der Waals surface area contributed by atoms with Crippen LogP contribution in [0.15, 0.2) is 23.1 Å². The maximum Gasteiger partial charge on any atom is 0.337 e. The number of primary amides is 1. The lowest BCUT2D eigenvalue weighted by Crippen LogP contribution is -2.52. The van der Waals surface area contributed by atoms with E-state index in [0.717, 1.165) is 6.07 Å². The maximum atomic E-state index is 12.2. The molecule has 0 aliphatic heterocycles. The van der Waals surface area contributed by atoms with Crippen LogP contribution in [0.3, 0.4) is 0 Å². The molecule has 1 aromatic rings. The van der Waals surface area contributed by atoms with Crippen LogP contribution in [0.1, 0.15) is 24.2 Å². The number of rotatable bonds is 5. The Kier molecular flexibility index (Phi) is 4.59. The molecule has 0 bridgehead atoms. The van der Waals surface area contributed by atoms with Crippen LogP contribution in [0.5, 0.6) is 0 Å². The van der Waals surface area contributed by atoms with Crippen molar-refractivity contribution in [3.8, 4) is 0 Å². The van der Waals surface area contributed by atoms with Gasteiger partial charge in [-0.1, -0.05) is 0 Å². The second-order valence-corrected chi connectivity index (χ2v) is 6.49. The number of hydrogen-bond acceptors (Lipinski definition) is 6. The van der Waals surface area contributed by atoms with E-state index in [2.05, 4.69) is 9.46 Å². The molecule has 0 radical (unpaired) electrons. The number of nitrogens with two attached hydrogens (primary N) is 2. The largest absolute Gasteiger partial charge is 0.465 e. The van der Waals surface area contributed by atoms with Gasteiger partial charge in [0.05, 0.1) is 18.4 Å². The van der Waals surface area contributed by atoms with Crippen LogP contribution < -0.4 is 16.2 Å². The summed E-state index contributed by atoms with van der Waals surface area (Å²) in [5, 5.41) is 0. The summed E-state index contributed by atoms with van der Waals surface area (Å²) >= 11 is 0. The fourth-order valence-corrected chi connectivity index (χ4v) is 2.98. The molecule has 0 saturated heterocycles. The lowest BCUT2D eigenvalue weighted by Gasteiger charge is -2.22. The number of hydrogen-bond donors (Lipinski definition) is 3. The molecule has 1 rings (SSSR count). The van der Waals surface area contributed by atoms with Gasteiger partial charge in [0, 0.05) is 0 Å². The molecule has 1 aromatic carbocycles. The number of ether oxygens (including phenoxy) is 1. The van der Waals surface area contributed by atoms with E-state index in [1.54, 1.807) is 0 Å². The van der Waals surface area contributed by atoms with Crippen molar-refractivity contribution in [3.05, 3.63) is 23.8 Å². The highest BCUT2D eigenvalue weighted by atomic mass is 32.2. The maximum absolute atomic E-state index is 12.2. The summed E-state index contributed by atoms with van der Waals surface area (Å²) in [6, 6.07) is 3.59. The predicted octanol–water partition coefficient (Wildman–Crippen LogP) is -0.402. The van der Waals surface area contributed by atoms with Crippen molar-refractivity contribution >= 4 is 27.6 Å². The van der Waals surface area contributed by atoms with Gasteiger partial charge in [0.1, 0.15) is 10.4 Å². The number of methoxy groups -OCH3 is 1. The summed E-state index contributed by atoms with van der Waals surface area (Å²) in [5.74, 6) is -1.48. The van der Waals surface area contributed by atoms with E-state index in [-0.39, 0.29) is 16.1 Å². The van der Waals surface area contributed by atoms with Crippen molar-refractivity contribution in [1.82, 2.24) is 4.72 Å². The van der Waals surface area contributed by atoms with Crippen LogP contribution in [0.25, 0.3) is 0 Å². The third-order valence-electron chi connectivity index (χ3n) is 2.73. The van der Waals surface area contributed by atoms with E-state index in [1.807, 2.05) is 0 Å². The van der Waals surface area contributed by atoms with E-state index in [0.29, 0.717) is 0 Å². The number of esters is 1. The van der Waals surface area contributed by atoms with Crippen LogP contribution >= 0.6 is 0 Å². The zero-order chi connectivity index (χ0) is 16.4. The number of sulfonamides is 1. The molecule has 5 N–H and O–H groups in total. The molecular weight excluding hydrogens is 298 g/mol. The monoisotopic (exact) mass is 315 g/mol. The van der Waals surface area contributed by atoms with Gasteiger partial charge in [-0.3, -0.25) is 4.79 Å². The van der Waals surface area contributed by atoms with Crippen LogP contribution in [0, 0.1) is 0 Å². The van der Waals surface area contributed by atoms with E-state index >= 15 is 0 Å². The van der Waals surface area contributed by atoms with Crippen LogP contribution in [0.4, 0.5) is 5.69 Å². The molecule has 0 spiro atoms. The summed E-state index contributed by atoms with van der Waals surface area (Å²) in [5.41, 5.74) is 9.26. The first kappa shape index (κ1) is 16.9. The molecule has 0 heterocycles. The molecule has 0 unspecified atom stereocenters. The van der Waals surface area contributed by atoms with Crippen molar-refractivity contribution in [3.63, 3.8) is 0 Å². The average molecular weight is 315 g/mol. The molecule has 116 valence electrons. The minimum Gasteiger partial charge on any atom is -0.465 e. The highest BCUT2D eigenvalue weighted by Gasteiger charge is 2.32. The first-order chi connectivity index (χ1) is 9.51. The Hall–Kier alpha value is -2.13. The standard InChI is InChI=1S/C12H17N3O5S/c1-12(2,11(14)17)15-21(18,19)9-5-4-7(6-8(9)13)10(16)20-3/h4-6,15H,13H2,1-3H3,(H2,14,17). The molecule has 21 heavy (non-hydrogen) atoms. The summed E-state index contributed by atoms with van der Waals surface area (Å²) in [6.07, 6.45) is 0. The predicted molar refractivity (Wildman–Crippen MR) is 75.8 cm³/mol. The summed E-state index contributed by atoms with van der Waals surface area (Å²) in [4.78, 5) is 22.3. The van der Waals surface area contributed by atoms with Crippen LogP contribution in [0.2, 0.25) is 0 Å². The van der Waals surface area contributed by atoms with Crippen molar-refractivity contribution in [2.75, 3.05) is 12.8 Å². The second-order valence-electron chi connectivity index (χ2n) is 4.84. The Balaban J connectivity index is 3.22. The number of amides is 1. The van der Waals surface area contributed by atoms with Gasteiger partial charge in [-0.25, -0.2) is 13.2 Å². The summed E-state index contributed by atoms with van der Waals surface area (Å²) < 4.78 is 31.1. The van der Waals surface area contributed by atoms with Crippen LogP contribution in [-0.4, -0.2) is 32.9 Å². The molecule has 0 aliphatic rings. The average Bonchev–Trinajstić information content (AvgIpc) is 2.35. The Labute approximate surface area is 122 Å². The first-order valence-corrected chi connectivity index (χ1v) is 7.31. The van der Waals surface area contributed by atoms with Crippen molar-refractivity contribution in [1.29, 1.82) is 0 Å². The Morgan fingerprint density at radius 2 is 1.86 bits per heavy atom. The molecule has 0 aromatic heterocycles. The van der Waals surface area contributed by atoms with Gasteiger partial charge in [-0.2, -0.15) is 4.72 Å². The normalized spacial score (nSPS) is 12.0. The number of carbonyl (C=O) groups is 2. The Bertz CT molecular complexity index is 682. The van der Waals surface area contributed by atoms with E-state index in [1.165, 1.54) is 33.1 Å².